The van der Waals surface area contributed by atoms with Gasteiger partial charge in [0.1, 0.15) is 5.75 Å². The van der Waals surface area contributed by atoms with Crippen LogP contribution in [0.2, 0.25) is 5.02 Å². The second-order valence-electron chi connectivity index (χ2n) is 3.14. The van der Waals surface area contributed by atoms with E-state index >= 15 is 0 Å². The van der Waals surface area contributed by atoms with Gasteiger partial charge in [-0.3, -0.25) is 0 Å². The number of hydrogen-bond acceptors (Lipinski definition) is 2. The summed E-state index contributed by atoms with van der Waals surface area (Å²) in [6, 6.07) is 5.74. The summed E-state index contributed by atoms with van der Waals surface area (Å²) in [6.07, 6.45) is 0.806. The van der Waals surface area contributed by atoms with Gasteiger partial charge in [-0.15, -0.1) is 0 Å². The number of methoxy groups -OCH3 is 1. The molecule has 2 N–H and O–H groups in total. The van der Waals surface area contributed by atoms with Gasteiger partial charge in [-0.1, -0.05) is 17.7 Å². The maximum absolute atomic E-state index is 5.82. The van der Waals surface area contributed by atoms with Crippen LogP contribution in [0.15, 0.2) is 18.2 Å². The number of halogens is 1. The molecular weight excluding hydrogens is 186 g/mol. The molecule has 3 heteroatoms. The summed E-state index contributed by atoms with van der Waals surface area (Å²) in [4.78, 5) is 0. The monoisotopic (exact) mass is 199 g/mol. The maximum atomic E-state index is 5.82. The molecule has 0 aliphatic carbocycles. The molecule has 1 aromatic carbocycles. The first kappa shape index (κ1) is 10.4. The van der Waals surface area contributed by atoms with Crippen molar-refractivity contribution in [3.05, 3.63) is 28.8 Å². The minimum absolute atomic E-state index is 0.134. The molecule has 0 fully saturated rings. The highest BCUT2D eigenvalue weighted by molar-refractivity contribution is 6.30. The zero-order chi connectivity index (χ0) is 9.84. The van der Waals surface area contributed by atoms with Crippen molar-refractivity contribution in [2.24, 2.45) is 5.73 Å². The molecule has 0 spiro atoms. The molecule has 0 amide bonds. The Balaban J connectivity index is 2.92. The molecule has 0 saturated carbocycles. The van der Waals surface area contributed by atoms with E-state index in [2.05, 4.69) is 0 Å². The Morgan fingerprint density at radius 2 is 2.23 bits per heavy atom. The molecule has 72 valence electrons. The molecule has 0 aliphatic heterocycles. The van der Waals surface area contributed by atoms with E-state index in [1.165, 1.54) is 0 Å². The fourth-order valence-corrected chi connectivity index (χ4v) is 1.40. The van der Waals surface area contributed by atoms with Gasteiger partial charge in [0, 0.05) is 11.1 Å². The van der Waals surface area contributed by atoms with Gasteiger partial charge in [0.2, 0.25) is 0 Å². The summed E-state index contributed by atoms with van der Waals surface area (Å²) in [5, 5.41) is 0.685. The summed E-state index contributed by atoms with van der Waals surface area (Å²) in [5.74, 6) is 0.810. The summed E-state index contributed by atoms with van der Waals surface area (Å²) < 4.78 is 5.19. The third kappa shape index (κ3) is 2.90. The summed E-state index contributed by atoms with van der Waals surface area (Å²) in [7, 11) is 1.64. The molecule has 1 aromatic rings. The fraction of sp³-hybridized carbons (Fsp3) is 0.400. The highest BCUT2D eigenvalue weighted by Gasteiger charge is 2.05. The molecule has 0 heterocycles. The van der Waals surface area contributed by atoms with Crippen LogP contribution in [0.4, 0.5) is 0 Å². The van der Waals surface area contributed by atoms with E-state index in [1.807, 2.05) is 19.1 Å². The van der Waals surface area contributed by atoms with Gasteiger partial charge in [-0.2, -0.15) is 0 Å². The van der Waals surface area contributed by atoms with Crippen molar-refractivity contribution in [3.8, 4) is 5.75 Å². The highest BCUT2D eigenvalue weighted by atomic mass is 35.5. The van der Waals surface area contributed by atoms with E-state index in [9.17, 15) is 0 Å². The first-order valence-electron chi connectivity index (χ1n) is 4.21. The number of rotatable bonds is 3. The van der Waals surface area contributed by atoms with Crippen molar-refractivity contribution >= 4 is 11.6 Å². The summed E-state index contributed by atoms with van der Waals surface area (Å²) in [5.41, 5.74) is 6.80. The molecule has 1 atom stereocenters. The van der Waals surface area contributed by atoms with E-state index < -0.39 is 0 Å². The number of benzene rings is 1. The van der Waals surface area contributed by atoms with E-state index in [4.69, 9.17) is 22.1 Å². The van der Waals surface area contributed by atoms with Crippen LogP contribution in [0.1, 0.15) is 12.5 Å². The minimum Gasteiger partial charge on any atom is -0.496 e. The molecule has 0 saturated heterocycles. The molecule has 0 unspecified atom stereocenters. The topological polar surface area (TPSA) is 35.2 Å². The lowest BCUT2D eigenvalue weighted by Crippen LogP contribution is -2.18. The van der Waals surface area contributed by atoms with E-state index in [1.54, 1.807) is 13.2 Å². The van der Waals surface area contributed by atoms with Gasteiger partial charge in [0.25, 0.3) is 0 Å². The first-order valence-corrected chi connectivity index (χ1v) is 4.59. The molecule has 1 rings (SSSR count). The number of ether oxygens (including phenoxy) is 1. The Labute approximate surface area is 83.6 Å². The van der Waals surface area contributed by atoms with Crippen molar-refractivity contribution in [2.75, 3.05) is 7.11 Å². The van der Waals surface area contributed by atoms with Gasteiger partial charge in [0.05, 0.1) is 7.11 Å². The third-order valence-electron chi connectivity index (χ3n) is 1.79. The Hall–Kier alpha value is -0.730. The normalized spacial score (nSPS) is 12.6. The quantitative estimate of drug-likeness (QED) is 0.811. The van der Waals surface area contributed by atoms with Gasteiger partial charge >= 0.3 is 0 Å². The van der Waals surface area contributed by atoms with Crippen LogP contribution in [-0.2, 0) is 6.42 Å². The molecule has 0 aromatic heterocycles. The predicted molar refractivity (Wildman–Crippen MR) is 55.4 cm³/mol. The largest absolute Gasteiger partial charge is 0.496 e. The van der Waals surface area contributed by atoms with Gasteiger partial charge in [-0.25, -0.2) is 0 Å². The zero-order valence-corrected chi connectivity index (χ0v) is 8.64. The van der Waals surface area contributed by atoms with Gasteiger partial charge < -0.3 is 10.5 Å². The lowest BCUT2D eigenvalue weighted by Gasteiger charge is -2.10. The van der Waals surface area contributed by atoms with E-state index in [0.29, 0.717) is 5.02 Å². The Kier molecular flexibility index (Phi) is 3.58. The van der Waals surface area contributed by atoms with Crippen LogP contribution in [0, 0.1) is 0 Å². The first-order chi connectivity index (χ1) is 6.13. The SMILES string of the molecule is COc1cc(Cl)ccc1C[C@H](C)N. The standard InChI is InChI=1S/C10H14ClNO/c1-7(12)5-8-3-4-9(11)6-10(8)13-2/h3-4,6-7H,5,12H2,1-2H3/t7-/m0/s1. The average molecular weight is 200 g/mol. The molecule has 13 heavy (non-hydrogen) atoms. The highest BCUT2D eigenvalue weighted by Crippen LogP contribution is 2.23. The van der Waals surface area contributed by atoms with Crippen LogP contribution >= 0.6 is 11.6 Å². The molecule has 2 nitrogen and oxygen atoms in total. The van der Waals surface area contributed by atoms with Crippen molar-refractivity contribution < 1.29 is 4.74 Å². The van der Waals surface area contributed by atoms with Crippen LogP contribution in [0.25, 0.3) is 0 Å². The summed E-state index contributed by atoms with van der Waals surface area (Å²) >= 11 is 5.82. The van der Waals surface area contributed by atoms with E-state index in [0.717, 1.165) is 17.7 Å². The average Bonchev–Trinajstić information content (AvgIpc) is 2.07. The van der Waals surface area contributed by atoms with Gasteiger partial charge in [0.15, 0.2) is 0 Å². The Morgan fingerprint density at radius 3 is 2.77 bits per heavy atom. The lowest BCUT2D eigenvalue weighted by atomic mass is 10.1. The predicted octanol–water partition coefficient (Wildman–Crippen LogP) is 2.24. The minimum atomic E-state index is 0.134. The Bertz CT molecular complexity index is 286. The van der Waals surface area contributed by atoms with Crippen LogP contribution in [-0.4, -0.2) is 13.2 Å². The van der Waals surface area contributed by atoms with Crippen molar-refractivity contribution in [3.63, 3.8) is 0 Å². The fourth-order valence-electron chi connectivity index (χ4n) is 1.23. The second kappa shape index (κ2) is 4.49. The lowest BCUT2D eigenvalue weighted by molar-refractivity contribution is 0.408. The van der Waals surface area contributed by atoms with Crippen LogP contribution < -0.4 is 10.5 Å². The smallest absolute Gasteiger partial charge is 0.123 e. The third-order valence-corrected chi connectivity index (χ3v) is 2.03. The second-order valence-corrected chi connectivity index (χ2v) is 3.57. The number of hydrogen-bond donors (Lipinski definition) is 1. The maximum Gasteiger partial charge on any atom is 0.123 e. The number of nitrogens with two attached hydrogens (primary N) is 1. The molecule has 0 radical (unpaired) electrons. The van der Waals surface area contributed by atoms with Crippen LogP contribution in [0.3, 0.4) is 0 Å². The van der Waals surface area contributed by atoms with Crippen molar-refractivity contribution in [1.29, 1.82) is 0 Å². The summed E-state index contributed by atoms with van der Waals surface area (Å²) in [6.45, 7) is 1.97. The van der Waals surface area contributed by atoms with Crippen LogP contribution in [0.5, 0.6) is 5.75 Å². The van der Waals surface area contributed by atoms with Crippen molar-refractivity contribution in [2.45, 2.75) is 19.4 Å². The van der Waals surface area contributed by atoms with Gasteiger partial charge in [-0.05, 0) is 31.0 Å². The molecule has 0 aliphatic rings. The zero-order valence-electron chi connectivity index (χ0n) is 7.88. The Morgan fingerprint density at radius 1 is 1.54 bits per heavy atom. The van der Waals surface area contributed by atoms with E-state index in [-0.39, 0.29) is 6.04 Å². The molecular formula is C10H14ClNO. The molecule has 0 bridgehead atoms. The van der Waals surface area contributed by atoms with Crippen molar-refractivity contribution in [1.82, 2.24) is 0 Å².